The molecular formula is C30H24ClN3O3S. The normalized spacial score (nSPS) is 11.7. The molecule has 0 atom stereocenters. The van der Waals surface area contributed by atoms with Gasteiger partial charge in [0.2, 0.25) is 0 Å². The number of hydrogen-bond acceptors (Lipinski definition) is 4. The number of amides is 1. The second kappa shape index (κ2) is 10.7. The summed E-state index contributed by atoms with van der Waals surface area (Å²) in [5.74, 6) is -0.587. The number of benzene rings is 5. The Morgan fingerprint density at radius 3 is 2.05 bits per heavy atom. The Morgan fingerprint density at radius 2 is 1.45 bits per heavy atom. The summed E-state index contributed by atoms with van der Waals surface area (Å²) in [7, 11) is -4.04. The topological polar surface area (TPSA) is 78.8 Å². The zero-order chi connectivity index (χ0) is 26.7. The summed E-state index contributed by atoms with van der Waals surface area (Å²) < 4.78 is 28.1. The number of aryl methyl sites for hydroxylation is 1. The number of anilines is 1. The van der Waals surface area contributed by atoms with Gasteiger partial charge < -0.3 is 0 Å². The van der Waals surface area contributed by atoms with Gasteiger partial charge in [0.1, 0.15) is 6.54 Å². The summed E-state index contributed by atoms with van der Waals surface area (Å²) in [5, 5.41) is 8.75. The largest absolute Gasteiger partial charge is 0.271 e. The molecule has 5 rings (SSSR count). The van der Waals surface area contributed by atoms with E-state index in [1.807, 2.05) is 55.5 Å². The molecule has 0 saturated heterocycles. The van der Waals surface area contributed by atoms with Crippen LogP contribution >= 0.6 is 11.6 Å². The molecule has 38 heavy (non-hydrogen) atoms. The van der Waals surface area contributed by atoms with E-state index in [0.717, 1.165) is 37.0 Å². The Labute approximate surface area is 226 Å². The lowest BCUT2D eigenvalue weighted by molar-refractivity contribution is -0.119. The Kier molecular flexibility index (Phi) is 7.13. The molecule has 190 valence electrons. The van der Waals surface area contributed by atoms with Crippen molar-refractivity contribution in [2.24, 2.45) is 5.10 Å². The van der Waals surface area contributed by atoms with Crippen molar-refractivity contribution in [3.05, 3.63) is 119 Å². The molecule has 0 aliphatic heterocycles. The Bertz CT molecular complexity index is 1710. The van der Waals surface area contributed by atoms with Crippen LogP contribution in [0.15, 0.2) is 113 Å². The van der Waals surface area contributed by atoms with Gasteiger partial charge in [-0.25, -0.2) is 13.8 Å². The minimum atomic E-state index is -4.04. The Balaban J connectivity index is 1.44. The minimum Gasteiger partial charge on any atom is -0.271 e. The van der Waals surface area contributed by atoms with E-state index in [0.29, 0.717) is 10.7 Å². The third-order valence-electron chi connectivity index (χ3n) is 6.21. The molecule has 5 aromatic carbocycles. The van der Waals surface area contributed by atoms with Crippen molar-refractivity contribution in [1.82, 2.24) is 5.43 Å². The van der Waals surface area contributed by atoms with Crippen LogP contribution in [-0.2, 0) is 14.8 Å². The fourth-order valence-corrected chi connectivity index (χ4v) is 5.83. The molecule has 0 aliphatic carbocycles. The fraction of sp³-hybridized carbons (Fsp3) is 0.0667. The highest BCUT2D eigenvalue weighted by Crippen LogP contribution is 2.28. The van der Waals surface area contributed by atoms with Crippen molar-refractivity contribution in [3.63, 3.8) is 0 Å². The van der Waals surface area contributed by atoms with E-state index in [1.165, 1.54) is 12.1 Å². The third kappa shape index (κ3) is 5.25. The van der Waals surface area contributed by atoms with Crippen molar-refractivity contribution in [1.29, 1.82) is 0 Å². The monoisotopic (exact) mass is 541 g/mol. The summed E-state index contributed by atoms with van der Waals surface area (Å²) in [5.41, 5.74) is 4.61. The average molecular weight is 542 g/mol. The molecule has 6 nitrogen and oxygen atoms in total. The lowest BCUT2D eigenvalue weighted by Gasteiger charge is -2.23. The molecule has 0 bridgehead atoms. The van der Waals surface area contributed by atoms with E-state index < -0.39 is 22.5 Å². The first-order chi connectivity index (χ1) is 18.3. The Morgan fingerprint density at radius 1 is 0.868 bits per heavy atom. The third-order valence-corrected chi connectivity index (χ3v) is 8.25. The molecular weight excluding hydrogens is 518 g/mol. The fourth-order valence-electron chi connectivity index (χ4n) is 4.28. The lowest BCUT2D eigenvalue weighted by Crippen LogP contribution is -2.39. The molecule has 0 heterocycles. The maximum atomic E-state index is 13.5. The first kappa shape index (κ1) is 25.4. The van der Waals surface area contributed by atoms with E-state index in [1.54, 1.807) is 42.6 Å². The molecule has 1 N–H and O–H groups in total. The number of rotatable bonds is 7. The van der Waals surface area contributed by atoms with Crippen LogP contribution in [0.1, 0.15) is 11.1 Å². The summed E-state index contributed by atoms with van der Waals surface area (Å²) in [6.45, 7) is 1.41. The van der Waals surface area contributed by atoms with E-state index in [-0.39, 0.29) is 4.90 Å². The highest BCUT2D eigenvalue weighted by molar-refractivity contribution is 7.92. The molecule has 0 aliphatic rings. The Hall–Kier alpha value is -4.20. The molecule has 0 radical (unpaired) electrons. The zero-order valence-electron chi connectivity index (χ0n) is 20.5. The van der Waals surface area contributed by atoms with Gasteiger partial charge in [0.25, 0.3) is 15.9 Å². The van der Waals surface area contributed by atoms with Crippen LogP contribution in [0.3, 0.4) is 0 Å². The maximum absolute atomic E-state index is 13.5. The van der Waals surface area contributed by atoms with Crippen molar-refractivity contribution in [2.75, 3.05) is 10.8 Å². The number of sulfonamides is 1. The number of fused-ring (bicyclic) bond motifs is 2. The van der Waals surface area contributed by atoms with Crippen molar-refractivity contribution in [3.8, 4) is 0 Å². The number of nitrogens with zero attached hydrogens (tertiary/aromatic N) is 2. The molecule has 0 aromatic heterocycles. The van der Waals surface area contributed by atoms with Crippen LogP contribution in [0.5, 0.6) is 0 Å². The first-order valence-corrected chi connectivity index (χ1v) is 13.7. The second-order valence-electron chi connectivity index (χ2n) is 8.83. The van der Waals surface area contributed by atoms with Gasteiger partial charge in [0.05, 0.1) is 16.8 Å². The van der Waals surface area contributed by atoms with E-state index in [2.05, 4.69) is 16.6 Å². The second-order valence-corrected chi connectivity index (χ2v) is 11.1. The van der Waals surface area contributed by atoms with E-state index in [9.17, 15) is 13.2 Å². The molecule has 1 amide bonds. The van der Waals surface area contributed by atoms with Crippen LogP contribution in [0.4, 0.5) is 5.69 Å². The van der Waals surface area contributed by atoms with Gasteiger partial charge in [-0.05, 0) is 70.9 Å². The lowest BCUT2D eigenvalue weighted by atomic mass is 9.97. The molecule has 0 fully saturated rings. The SMILES string of the molecule is Cc1ccc(S(=O)(=O)N(CC(=O)N/N=C/c2c3ccccc3cc3ccccc23)c2ccc(Cl)cc2)cc1. The van der Waals surface area contributed by atoms with Crippen molar-refractivity contribution < 1.29 is 13.2 Å². The van der Waals surface area contributed by atoms with Crippen molar-refractivity contribution >= 4 is 61.0 Å². The van der Waals surface area contributed by atoms with Gasteiger partial charge in [0, 0.05) is 10.6 Å². The van der Waals surface area contributed by atoms with Gasteiger partial charge >= 0.3 is 0 Å². The van der Waals surface area contributed by atoms with Gasteiger partial charge in [-0.3, -0.25) is 9.10 Å². The highest BCUT2D eigenvalue weighted by Gasteiger charge is 2.27. The molecule has 0 spiro atoms. The number of carbonyl (C=O) groups is 1. The number of nitrogens with one attached hydrogen (secondary N) is 1. The van der Waals surface area contributed by atoms with Gasteiger partial charge in [-0.15, -0.1) is 0 Å². The molecule has 8 heteroatoms. The van der Waals surface area contributed by atoms with Crippen LogP contribution < -0.4 is 9.73 Å². The summed E-state index contributed by atoms with van der Waals surface area (Å²) in [6, 6.07) is 30.8. The summed E-state index contributed by atoms with van der Waals surface area (Å²) in [4.78, 5) is 13.1. The van der Waals surface area contributed by atoms with E-state index >= 15 is 0 Å². The number of hydrogen-bond donors (Lipinski definition) is 1. The van der Waals surface area contributed by atoms with Crippen LogP contribution in [-0.4, -0.2) is 27.1 Å². The zero-order valence-corrected chi connectivity index (χ0v) is 22.1. The van der Waals surface area contributed by atoms with Crippen LogP contribution in [0.25, 0.3) is 21.5 Å². The average Bonchev–Trinajstić information content (AvgIpc) is 2.92. The molecule has 0 saturated carbocycles. The van der Waals surface area contributed by atoms with Crippen LogP contribution in [0, 0.1) is 6.92 Å². The minimum absolute atomic E-state index is 0.0802. The number of carbonyl (C=O) groups excluding carboxylic acids is 1. The smallest absolute Gasteiger partial charge is 0.264 e. The predicted octanol–water partition coefficient (Wildman–Crippen LogP) is 6.30. The quantitative estimate of drug-likeness (QED) is 0.149. The van der Waals surface area contributed by atoms with Crippen molar-refractivity contribution in [2.45, 2.75) is 11.8 Å². The first-order valence-electron chi connectivity index (χ1n) is 11.9. The van der Waals surface area contributed by atoms with Gasteiger partial charge in [0.15, 0.2) is 0 Å². The standard InChI is InChI=1S/C30H24ClN3O3S/c1-21-10-16-26(17-11-21)38(36,37)34(25-14-12-24(31)13-15-25)20-30(35)33-32-19-29-27-8-4-2-6-22(27)18-23-7-3-5-9-28(23)29/h2-19H,20H2,1H3,(H,33,35)/b32-19+. The number of hydrazone groups is 1. The van der Waals surface area contributed by atoms with Crippen LogP contribution in [0.2, 0.25) is 5.02 Å². The van der Waals surface area contributed by atoms with E-state index in [4.69, 9.17) is 11.6 Å². The molecule has 0 unspecified atom stereocenters. The highest BCUT2D eigenvalue weighted by atomic mass is 35.5. The maximum Gasteiger partial charge on any atom is 0.264 e. The van der Waals surface area contributed by atoms with Gasteiger partial charge in [-0.2, -0.15) is 5.10 Å². The summed E-state index contributed by atoms with van der Waals surface area (Å²) in [6.07, 6.45) is 1.60. The predicted molar refractivity (Wildman–Crippen MR) is 154 cm³/mol. The molecule has 5 aromatic rings. The van der Waals surface area contributed by atoms with Gasteiger partial charge in [-0.1, -0.05) is 77.8 Å². The summed E-state index contributed by atoms with van der Waals surface area (Å²) >= 11 is 6.01. The number of halogens is 1.